The lowest BCUT2D eigenvalue weighted by molar-refractivity contribution is -0.110. The molecule has 4 nitrogen and oxygen atoms in total. The predicted molar refractivity (Wildman–Crippen MR) is 93.0 cm³/mol. The van der Waals surface area contributed by atoms with Crippen molar-refractivity contribution in [1.82, 2.24) is 0 Å². The molecule has 122 valence electrons. The van der Waals surface area contributed by atoms with Crippen molar-refractivity contribution in [3.8, 4) is 0 Å². The summed E-state index contributed by atoms with van der Waals surface area (Å²) >= 11 is 17.6. The van der Waals surface area contributed by atoms with Crippen LogP contribution in [0.1, 0.15) is 5.56 Å². The first-order valence-electron chi connectivity index (χ1n) is 6.45. The smallest absolute Gasteiger partial charge is 0.264 e. The molecule has 0 heterocycles. The standard InChI is InChI=1S/C15H12Cl3NO3S/c1-10-5-7-11(8-6-10)23(21,22)19(9-14(18)20)15-12(16)3-2-4-13(15)17/h2-8H,9H2,1H3. The molecule has 0 unspecified atom stereocenters. The summed E-state index contributed by atoms with van der Waals surface area (Å²) in [5, 5.41) is -0.645. The lowest BCUT2D eigenvalue weighted by Gasteiger charge is -2.24. The average molecular weight is 393 g/mol. The zero-order chi connectivity index (χ0) is 17.2. The summed E-state index contributed by atoms with van der Waals surface area (Å²) in [4.78, 5) is 11.4. The van der Waals surface area contributed by atoms with E-state index in [9.17, 15) is 13.2 Å². The van der Waals surface area contributed by atoms with Gasteiger partial charge in [-0.1, -0.05) is 47.0 Å². The molecule has 23 heavy (non-hydrogen) atoms. The predicted octanol–water partition coefficient (Wildman–Crippen LogP) is 4.26. The number of halogens is 3. The molecule has 0 fully saturated rings. The monoisotopic (exact) mass is 391 g/mol. The Morgan fingerprint density at radius 2 is 1.57 bits per heavy atom. The van der Waals surface area contributed by atoms with Gasteiger partial charge in [0.05, 0.1) is 20.6 Å². The first kappa shape index (κ1) is 18.1. The van der Waals surface area contributed by atoms with Gasteiger partial charge in [-0.3, -0.25) is 9.10 Å². The minimum atomic E-state index is -4.05. The Kier molecular flexibility index (Phi) is 5.57. The molecule has 0 aromatic heterocycles. The van der Waals surface area contributed by atoms with E-state index >= 15 is 0 Å². The number of rotatable bonds is 5. The number of hydrogen-bond donors (Lipinski definition) is 0. The molecular formula is C15H12Cl3NO3S. The summed E-state index contributed by atoms with van der Waals surface area (Å²) in [7, 11) is -4.05. The largest absolute Gasteiger partial charge is 0.279 e. The van der Waals surface area contributed by atoms with Crippen LogP contribution in [0.4, 0.5) is 5.69 Å². The molecule has 0 aliphatic rings. The van der Waals surface area contributed by atoms with Gasteiger partial charge in [0.25, 0.3) is 10.0 Å². The number of hydrogen-bond acceptors (Lipinski definition) is 3. The number of carbonyl (C=O) groups excluding carboxylic acids is 1. The van der Waals surface area contributed by atoms with Crippen molar-refractivity contribution in [2.75, 3.05) is 10.8 Å². The Balaban J connectivity index is 2.63. The Hall–Kier alpha value is -1.27. The van der Waals surface area contributed by atoms with E-state index in [0.29, 0.717) is 0 Å². The minimum absolute atomic E-state index is 0.0111. The van der Waals surface area contributed by atoms with Crippen LogP contribution in [0.25, 0.3) is 0 Å². The van der Waals surface area contributed by atoms with Crippen LogP contribution in [0.3, 0.4) is 0 Å². The second-order valence-electron chi connectivity index (χ2n) is 4.75. The van der Waals surface area contributed by atoms with Crippen molar-refractivity contribution in [3.05, 3.63) is 58.1 Å². The van der Waals surface area contributed by atoms with Crippen LogP contribution in [0.5, 0.6) is 0 Å². The van der Waals surface area contributed by atoms with E-state index in [1.54, 1.807) is 18.2 Å². The van der Waals surface area contributed by atoms with Gasteiger partial charge in [0, 0.05) is 0 Å². The summed E-state index contributed by atoms with van der Waals surface area (Å²) in [6.07, 6.45) is 0. The highest BCUT2D eigenvalue weighted by Crippen LogP contribution is 2.36. The van der Waals surface area contributed by atoms with Crippen LogP contribution in [0.2, 0.25) is 10.0 Å². The van der Waals surface area contributed by atoms with Crippen LogP contribution < -0.4 is 4.31 Å². The molecule has 0 saturated carbocycles. The Morgan fingerprint density at radius 3 is 2.04 bits per heavy atom. The van der Waals surface area contributed by atoms with Gasteiger partial charge in [0.1, 0.15) is 6.54 Å². The van der Waals surface area contributed by atoms with Gasteiger partial charge in [-0.15, -0.1) is 0 Å². The fraction of sp³-hybridized carbons (Fsp3) is 0.133. The van der Waals surface area contributed by atoms with Crippen molar-refractivity contribution >= 4 is 55.8 Å². The maximum Gasteiger partial charge on any atom is 0.264 e. The molecule has 0 aliphatic heterocycles. The number of anilines is 1. The van der Waals surface area contributed by atoms with Gasteiger partial charge in [0.2, 0.25) is 5.24 Å². The molecule has 8 heteroatoms. The third-order valence-electron chi connectivity index (χ3n) is 3.06. The highest BCUT2D eigenvalue weighted by molar-refractivity contribution is 7.93. The molecule has 2 aromatic carbocycles. The number of para-hydroxylation sites is 1. The molecule has 0 amide bonds. The van der Waals surface area contributed by atoms with E-state index < -0.39 is 21.8 Å². The van der Waals surface area contributed by atoms with Crippen LogP contribution in [0.15, 0.2) is 47.4 Å². The number of aryl methyl sites for hydroxylation is 1. The average Bonchev–Trinajstić information content (AvgIpc) is 2.46. The Morgan fingerprint density at radius 1 is 1.04 bits per heavy atom. The summed E-state index contributed by atoms with van der Waals surface area (Å²) < 4.78 is 26.6. The molecule has 0 spiro atoms. The van der Waals surface area contributed by atoms with Crippen molar-refractivity contribution < 1.29 is 13.2 Å². The van der Waals surface area contributed by atoms with E-state index in [4.69, 9.17) is 34.8 Å². The number of carbonyl (C=O) groups is 1. The maximum atomic E-state index is 12.9. The normalized spacial score (nSPS) is 11.3. The summed E-state index contributed by atoms with van der Waals surface area (Å²) in [6, 6.07) is 10.7. The van der Waals surface area contributed by atoms with Gasteiger partial charge < -0.3 is 0 Å². The highest BCUT2D eigenvalue weighted by atomic mass is 35.5. The van der Waals surface area contributed by atoms with Gasteiger partial charge in [-0.25, -0.2) is 8.42 Å². The topological polar surface area (TPSA) is 54.5 Å². The highest BCUT2D eigenvalue weighted by Gasteiger charge is 2.29. The van der Waals surface area contributed by atoms with Crippen molar-refractivity contribution in [2.24, 2.45) is 0 Å². The summed E-state index contributed by atoms with van der Waals surface area (Å²) in [6.45, 7) is 1.25. The van der Waals surface area contributed by atoms with E-state index in [1.807, 2.05) is 6.92 Å². The summed E-state index contributed by atoms with van der Waals surface area (Å²) in [5.41, 5.74) is 0.921. The molecule has 0 saturated heterocycles. The molecular weight excluding hydrogens is 381 g/mol. The fourth-order valence-corrected chi connectivity index (χ4v) is 4.31. The molecule has 0 radical (unpaired) electrons. The maximum absolute atomic E-state index is 12.9. The second kappa shape index (κ2) is 7.09. The first-order chi connectivity index (χ1) is 10.7. The Bertz CT molecular complexity index is 815. The molecule has 0 N–H and O–H groups in total. The van der Waals surface area contributed by atoms with E-state index in [-0.39, 0.29) is 20.6 Å². The zero-order valence-electron chi connectivity index (χ0n) is 12.0. The van der Waals surface area contributed by atoms with E-state index in [1.165, 1.54) is 24.3 Å². The third kappa shape index (κ3) is 3.98. The van der Waals surface area contributed by atoms with Crippen LogP contribution in [-0.2, 0) is 14.8 Å². The van der Waals surface area contributed by atoms with E-state index in [0.717, 1.165) is 9.87 Å². The third-order valence-corrected chi connectivity index (χ3v) is 5.55. The van der Waals surface area contributed by atoms with Crippen molar-refractivity contribution in [1.29, 1.82) is 0 Å². The second-order valence-corrected chi connectivity index (χ2v) is 7.85. The number of nitrogens with zero attached hydrogens (tertiary/aromatic N) is 1. The molecule has 0 bridgehead atoms. The van der Waals surface area contributed by atoms with Gasteiger partial charge in [-0.2, -0.15) is 0 Å². The number of benzene rings is 2. The first-order valence-corrected chi connectivity index (χ1v) is 9.02. The quantitative estimate of drug-likeness (QED) is 0.714. The molecule has 2 rings (SSSR count). The molecule has 0 atom stereocenters. The number of sulfonamides is 1. The van der Waals surface area contributed by atoms with Gasteiger partial charge in [0.15, 0.2) is 0 Å². The van der Waals surface area contributed by atoms with Gasteiger partial charge in [-0.05, 0) is 42.8 Å². The lowest BCUT2D eigenvalue weighted by atomic mass is 10.2. The van der Waals surface area contributed by atoms with E-state index in [2.05, 4.69) is 0 Å². The fourth-order valence-electron chi connectivity index (χ4n) is 1.96. The van der Waals surface area contributed by atoms with Crippen molar-refractivity contribution in [2.45, 2.75) is 11.8 Å². The SMILES string of the molecule is Cc1ccc(S(=O)(=O)N(CC(=O)Cl)c2c(Cl)cccc2Cl)cc1. The van der Waals surface area contributed by atoms with Gasteiger partial charge >= 0.3 is 0 Å². The van der Waals surface area contributed by atoms with Crippen LogP contribution in [-0.4, -0.2) is 20.2 Å². The zero-order valence-corrected chi connectivity index (χ0v) is 15.0. The van der Waals surface area contributed by atoms with Crippen molar-refractivity contribution in [3.63, 3.8) is 0 Å². The molecule has 0 aliphatic carbocycles. The molecule has 2 aromatic rings. The summed E-state index contributed by atoms with van der Waals surface area (Å²) in [5.74, 6) is 0. The van der Waals surface area contributed by atoms with Crippen LogP contribution in [0, 0.1) is 6.92 Å². The lowest BCUT2D eigenvalue weighted by Crippen LogP contribution is -2.35. The minimum Gasteiger partial charge on any atom is -0.279 e. The van der Waals surface area contributed by atoms with Crippen LogP contribution >= 0.6 is 34.8 Å². The Labute approximate surface area is 149 Å².